The van der Waals surface area contributed by atoms with Gasteiger partial charge in [0, 0.05) is 13.2 Å². The van der Waals surface area contributed by atoms with Gasteiger partial charge in [-0.05, 0) is 39.0 Å². The molecule has 0 aliphatic rings. The van der Waals surface area contributed by atoms with Crippen molar-refractivity contribution in [3.05, 3.63) is 23.9 Å². The van der Waals surface area contributed by atoms with Gasteiger partial charge in [0.1, 0.15) is 5.78 Å². The number of hydrazine groups is 1. The van der Waals surface area contributed by atoms with E-state index >= 15 is 0 Å². The van der Waals surface area contributed by atoms with Crippen molar-refractivity contribution in [3.63, 3.8) is 0 Å². The number of allylic oxidation sites excluding steroid dienone is 3. The van der Waals surface area contributed by atoms with Crippen LogP contribution in [-0.4, -0.2) is 30.6 Å². The van der Waals surface area contributed by atoms with E-state index in [1.165, 1.54) is 5.01 Å². The summed E-state index contributed by atoms with van der Waals surface area (Å²) >= 11 is 0. The maximum Gasteiger partial charge on any atom is 0.148 e. The van der Waals surface area contributed by atoms with Crippen molar-refractivity contribution in [2.45, 2.75) is 46.6 Å². The molecule has 0 aromatic rings. The first-order valence-electron chi connectivity index (χ1n) is 6.28. The molecule has 18 heavy (non-hydrogen) atoms. The van der Waals surface area contributed by atoms with Crippen molar-refractivity contribution in [2.24, 2.45) is 10.8 Å². The average Bonchev–Trinajstić information content (AvgIpc) is 2.31. The minimum Gasteiger partial charge on any atom is -0.298 e. The second-order valence-corrected chi connectivity index (χ2v) is 3.72. The average molecular weight is 253 g/mol. The highest BCUT2D eigenvalue weighted by atomic mass is 16.1. The van der Waals surface area contributed by atoms with Crippen LogP contribution in [-0.2, 0) is 4.79 Å². The number of rotatable bonds is 7. The number of nitrogens with zero attached hydrogens (tertiary/aromatic N) is 2. The van der Waals surface area contributed by atoms with Gasteiger partial charge in [-0.15, -0.1) is 0 Å². The first-order valence-corrected chi connectivity index (χ1v) is 6.28. The first kappa shape index (κ1) is 19.1. The lowest BCUT2D eigenvalue weighted by Gasteiger charge is -2.20. The van der Waals surface area contributed by atoms with Crippen LogP contribution >= 0.6 is 0 Å². The number of hydrogen-bond donors (Lipinski definition) is 1. The Morgan fingerprint density at radius 2 is 2.06 bits per heavy atom. The fourth-order valence-corrected chi connectivity index (χ4v) is 1.52. The second kappa shape index (κ2) is 12.2. The molecule has 0 aromatic carbocycles. The van der Waals surface area contributed by atoms with Gasteiger partial charge in [0.05, 0.1) is 6.04 Å². The Hall–Kier alpha value is -1.26. The van der Waals surface area contributed by atoms with Gasteiger partial charge >= 0.3 is 0 Å². The molecule has 0 bridgehead atoms. The third-order valence-corrected chi connectivity index (χ3v) is 2.31. The molecule has 0 saturated carbocycles. The second-order valence-electron chi connectivity index (χ2n) is 3.72. The van der Waals surface area contributed by atoms with Gasteiger partial charge in [0.25, 0.3) is 0 Å². The molecule has 0 spiro atoms. The monoisotopic (exact) mass is 253 g/mol. The van der Waals surface area contributed by atoms with Gasteiger partial charge in [-0.1, -0.05) is 26.0 Å². The van der Waals surface area contributed by atoms with Crippen LogP contribution in [0.1, 0.15) is 40.5 Å². The quantitative estimate of drug-likeness (QED) is 0.328. The molecule has 0 heterocycles. The van der Waals surface area contributed by atoms with Gasteiger partial charge < -0.3 is 0 Å². The van der Waals surface area contributed by atoms with E-state index in [9.17, 15) is 4.79 Å². The maximum absolute atomic E-state index is 11.3. The van der Waals surface area contributed by atoms with Crippen LogP contribution in [0.15, 0.2) is 28.9 Å². The molecule has 4 heteroatoms. The van der Waals surface area contributed by atoms with E-state index in [-0.39, 0.29) is 11.8 Å². The normalized spacial score (nSPS) is 13.2. The molecule has 0 radical (unpaired) electrons. The van der Waals surface area contributed by atoms with Crippen LogP contribution in [0.4, 0.5) is 0 Å². The zero-order valence-corrected chi connectivity index (χ0v) is 12.3. The topological polar surface area (TPSA) is 58.7 Å². The number of likely N-dealkylation sites (N-methyl/N-ethyl adjacent to an activating group) is 1. The number of carbonyl (C=O) groups excluding carboxylic acids is 1. The molecule has 0 aliphatic heterocycles. The Morgan fingerprint density at radius 3 is 2.39 bits per heavy atom. The molecule has 1 atom stereocenters. The number of carbonyl (C=O) groups is 1. The van der Waals surface area contributed by atoms with Gasteiger partial charge in [-0.25, -0.2) is 5.01 Å². The van der Waals surface area contributed by atoms with E-state index in [4.69, 9.17) is 5.84 Å². The van der Waals surface area contributed by atoms with E-state index in [1.54, 1.807) is 20.2 Å². The first-order chi connectivity index (χ1) is 8.52. The molecule has 0 fully saturated rings. The Bertz CT molecular complexity index is 293. The predicted molar refractivity (Wildman–Crippen MR) is 79.4 cm³/mol. The Morgan fingerprint density at radius 1 is 1.50 bits per heavy atom. The van der Waals surface area contributed by atoms with E-state index in [0.29, 0.717) is 6.42 Å². The lowest BCUT2D eigenvalue weighted by Crippen LogP contribution is -2.42. The number of aliphatic imine (C=N–C) groups is 1. The largest absolute Gasteiger partial charge is 0.298 e. The molecular formula is C14H27N3O. The van der Waals surface area contributed by atoms with Crippen molar-refractivity contribution in [1.29, 1.82) is 0 Å². The lowest BCUT2D eigenvalue weighted by molar-refractivity contribution is -0.121. The third kappa shape index (κ3) is 8.84. The van der Waals surface area contributed by atoms with Gasteiger partial charge in [0.2, 0.25) is 0 Å². The summed E-state index contributed by atoms with van der Waals surface area (Å²) in [6.45, 7) is 10.9. The van der Waals surface area contributed by atoms with E-state index in [2.05, 4.69) is 11.7 Å². The van der Waals surface area contributed by atoms with Crippen LogP contribution < -0.4 is 5.84 Å². The Kier molecular flexibility index (Phi) is 12.9. The van der Waals surface area contributed by atoms with Crippen molar-refractivity contribution in [3.8, 4) is 0 Å². The van der Waals surface area contributed by atoms with Gasteiger partial charge in [-0.3, -0.25) is 15.6 Å². The minimum absolute atomic E-state index is 0.0800. The molecule has 1 unspecified atom stereocenters. The SMILES string of the molecule is C=N/C=C(\C=C/C)CCC(C(C)=O)N(C)N.CC. The van der Waals surface area contributed by atoms with E-state index in [1.807, 2.05) is 32.9 Å². The fraction of sp³-hybridized carbons (Fsp3) is 0.571. The van der Waals surface area contributed by atoms with Crippen LogP contribution in [0, 0.1) is 0 Å². The van der Waals surface area contributed by atoms with Gasteiger partial charge in [-0.2, -0.15) is 0 Å². The maximum atomic E-state index is 11.3. The third-order valence-electron chi connectivity index (χ3n) is 2.31. The molecule has 2 N–H and O–H groups in total. The van der Waals surface area contributed by atoms with E-state index < -0.39 is 0 Å². The summed E-state index contributed by atoms with van der Waals surface area (Å²) in [5.41, 5.74) is 1.05. The van der Waals surface area contributed by atoms with Crippen molar-refractivity contribution >= 4 is 12.5 Å². The summed E-state index contributed by atoms with van der Waals surface area (Å²) in [5.74, 6) is 5.69. The summed E-state index contributed by atoms with van der Waals surface area (Å²) in [6.07, 6.45) is 7.05. The highest BCUT2D eigenvalue weighted by Crippen LogP contribution is 2.12. The lowest BCUT2D eigenvalue weighted by atomic mass is 10.0. The smallest absolute Gasteiger partial charge is 0.148 e. The Labute approximate surface area is 111 Å². The van der Waals surface area contributed by atoms with Gasteiger partial charge in [0.15, 0.2) is 0 Å². The van der Waals surface area contributed by atoms with Crippen LogP contribution in [0.2, 0.25) is 0 Å². The number of Topliss-reactive ketones (excluding diaryl/α,β-unsaturated/α-hetero) is 1. The van der Waals surface area contributed by atoms with E-state index in [0.717, 1.165) is 12.0 Å². The Balaban J connectivity index is 0. The van der Waals surface area contributed by atoms with Crippen molar-refractivity contribution < 1.29 is 4.79 Å². The van der Waals surface area contributed by atoms with Crippen LogP contribution in [0.25, 0.3) is 0 Å². The molecule has 4 nitrogen and oxygen atoms in total. The molecule has 104 valence electrons. The summed E-state index contributed by atoms with van der Waals surface area (Å²) in [7, 11) is 1.71. The molecule has 0 aromatic heterocycles. The zero-order chi connectivity index (χ0) is 14.6. The minimum atomic E-state index is -0.238. The molecular weight excluding hydrogens is 226 g/mol. The highest BCUT2D eigenvalue weighted by Gasteiger charge is 2.16. The van der Waals surface area contributed by atoms with Crippen LogP contribution in [0.5, 0.6) is 0 Å². The molecule has 0 amide bonds. The molecule has 0 rings (SSSR count). The summed E-state index contributed by atoms with van der Waals surface area (Å²) in [6, 6.07) is -0.238. The summed E-state index contributed by atoms with van der Waals surface area (Å²) in [5, 5.41) is 1.46. The van der Waals surface area contributed by atoms with Crippen LogP contribution in [0.3, 0.4) is 0 Å². The summed E-state index contributed by atoms with van der Waals surface area (Å²) < 4.78 is 0. The van der Waals surface area contributed by atoms with Crippen molar-refractivity contribution in [2.75, 3.05) is 7.05 Å². The highest BCUT2D eigenvalue weighted by molar-refractivity contribution is 5.81. The standard InChI is InChI=1S/C12H21N3O.C2H6/c1-5-6-11(9-14-3)7-8-12(10(2)16)15(4)13;1-2/h5-6,9,12H,3,7-8,13H2,1-2,4H3;1-2H3/b6-5-,11-9+;. The van der Waals surface area contributed by atoms with Crippen molar-refractivity contribution in [1.82, 2.24) is 5.01 Å². The fourth-order valence-electron chi connectivity index (χ4n) is 1.52. The number of nitrogens with two attached hydrogens (primary N) is 1. The number of ketones is 1. The molecule has 0 saturated heterocycles. The molecule has 0 aliphatic carbocycles. The predicted octanol–water partition coefficient (Wildman–Crippen LogP) is 2.72. The summed E-state index contributed by atoms with van der Waals surface area (Å²) in [4.78, 5) is 15.0. The zero-order valence-electron chi connectivity index (χ0n) is 12.3. The number of hydrogen-bond acceptors (Lipinski definition) is 4.